The zero-order valence-electron chi connectivity index (χ0n) is 81.5. The molecular formula is C95H125Cl3N20O20. The lowest BCUT2D eigenvalue weighted by Crippen LogP contribution is -2.35. The van der Waals surface area contributed by atoms with E-state index >= 15 is 0 Å². The number of ketones is 4. The maximum absolute atomic E-state index is 13.4. The Labute approximate surface area is 813 Å². The molecule has 0 spiro atoms. The van der Waals surface area contributed by atoms with Crippen molar-refractivity contribution in [3.05, 3.63) is 144 Å². The van der Waals surface area contributed by atoms with E-state index in [9.17, 15) is 53.1 Å². The molecule has 5 unspecified atom stereocenters. The third-order valence-corrected chi connectivity index (χ3v) is 25.0. The maximum atomic E-state index is 13.4. The molecule has 16 rings (SSSR count). The highest BCUT2D eigenvalue weighted by Crippen LogP contribution is 2.40. The molecule has 746 valence electrons. The van der Waals surface area contributed by atoms with E-state index < -0.39 is 52.9 Å². The Bertz CT molecular complexity index is 6060. The minimum Gasteiger partial charge on any atom is -0.443 e. The average molecular weight is 1970 g/mol. The molecule has 43 heteroatoms. The lowest BCUT2D eigenvalue weighted by atomic mass is 9.78. The number of nitrogens with one attached hydrogen (secondary N) is 1. The first-order valence-electron chi connectivity index (χ1n) is 46.0. The van der Waals surface area contributed by atoms with Crippen LogP contribution in [0, 0.1) is 23.7 Å². The van der Waals surface area contributed by atoms with Gasteiger partial charge in [0.1, 0.15) is 72.6 Å². The number of rotatable bonds is 23. The summed E-state index contributed by atoms with van der Waals surface area (Å²) in [6.07, 6.45) is 19.2. The monoisotopic (exact) mass is 1970 g/mol. The lowest BCUT2D eigenvalue weighted by molar-refractivity contribution is -0.0171. The number of aromatic nitrogens is 14. The summed E-state index contributed by atoms with van der Waals surface area (Å²) >= 11 is 18.5. The number of Topliss-reactive ketones (excluding diaryl/α,β-unsaturated/α-hetero) is 4. The smallest absolute Gasteiger partial charge is 0.415 e. The first kappa shape index (κ1) is 105. The van der Waals surface area contributed by atoms with Crippen molar-refractivity contribution < 1.29 is 86.1 Å². The molecule has 10 aromatic rings. The minimum absolute atomic E-state index is 0.0319. The molecule has 4 saturated carbocycles. The Morgan fingerprint density at radius 2 is 0.739 bits per heavy atom. The molecule has 10 aromatic heterocycles. The Balaban J connectivity index is 0.000000159. The number of nitrogen functional groups attached to an aromatic ring is 1. The Hall–Kier alpha value is -11.6. The van der Waals surface area contributed by atoms with E-state index in [4.69, 9.17) is 83.2 Å². The predicted octanol–water partition coefficient (Wildman–Crippen LogP) is 15.7. The molecule has 0 aromatic carbocycles. The summed E-state index contributed by atoms with van der Waals surface area (Å²) in [6, 6.07) is 13.1. The molecule has 0 radical (unpaired) electrons. The molecule has 10 atom stereocenters. The highest BCUT2D eigenvalue weighted by Gasteiger charge is 2.40. The van der Waals surface area contributed by atoms with Crippen molar-refractivity contribution in [1.82, 2.24) is 67.5 Å². The molecule has 12 heterocycles. The summed E-state index contributed by atoms with van der Waals surface area (Å²) in [5, 5.41) is 30.4. The number of nitrogens with zero attached hydrogens (tertiary/aromatic N) is 18. The third kappa shape index (κ3) is 25.9. The molecule has 2 aliphatic heterocycles. The van der Waals surface area contributed by atoms with E-state index in [-0.39, 0.29) is 127 Å². The van der Waals surface area contributed by atoms with Gasteiger partial charge in [-0.2, -0.15) is 38.5 Å². The second-order valence-corrected chi connectivity index (χ2v) is 40.2. The van der Waals surface area contributed by atoms with Crippen LogP contribution >= 0.6 is 34.8 Å². The van der Waals surface area contributed by atoms with Crippen LogP contribution < -0.4 is 41.8 Å². The van der Waals surface area contributed by atoms with Crippen LogP contribution in [0.3, 0.4) is 0 Å². The van der Waals surface area contributed by atoms with Crippen molar-refractivity contribution in [3.63, 3.8) is 0 Å². The normalized spacial score (nSPS) is 20.1. The fraction of sp³-hybridized carbons (Fsp3) is 0.558. The Kier molecular flexibility index (Phi) is 34.1. The number of hydrogen-bond donors (Lipinski definition) is 3. The molecule has 0 bridgehead atoms. The number of ether oxygens (including phenoxy) is 9. The van der Waals surface area contributed by atoms with Crippen LogP contribution in [0.4, 0.5) is 59.6 Å². The van der Waals surface area contributed by atoms with Crippen molar-refractivity contribution in [2.24, 2.45) is 23.7 Å². The number of methoxy groups -OCH3 is 3. The molecule has 40 nitrogen and oxygen atoms in total. The van der Waals surface area contributed by atoms with Crippen molar-refractivity contribution in [2.45, 2.75) is 245 Å². The molecule has 2 saturated heterocycles. The van der Waals surface area contributed by atoms with Crippen molar-refractivity contribution >= 4 is 145 Å². The number of halogens is 3. The second-order valence-electron chi connectivity index (χ2n) is 39.1. The van der Waals surface area contributed by atoms with Crippen molar-refractivity contribution in [3.8, 4) is 0 Å². The van der Waals surface area contributed by atoms with E-state index in [1.54, 1.807) is 177 Å². The summed E-state index contributed by atoms with van der Waals surface area (Å²) < 4.78 is 57.9. The standard InChI is InChI=1S/C29H38N6O6.2C19H25ClN4O4.C18H23ClN4O4.C10H14N2O2/c1-29(2,3)41-28(38)33(4)25-15-24(31-21-9-6-12-34(27(21)37)19-8-7-13-40-17-19)32-26-20(16-30-35(25)26)22(36)14-18-10-11-23(18)39-5;2*1-19(2,3)28-18(26)23(4)16-9-15(20)22-17-12(10-21-24(16)17)13(25)8-11-6-7-14(11)27-5;1-18(2,3)27-17(26)22(4)15-8-14(19)21-16-11(9-20-23(15)16)13(25)7-10-5-6-12(10)24;11-9-4-1-5-12(10(9)13)8-3-2-6-14-7-8/h6,9,12,15-16,18-19,23H,7-8,10-11,13-14,17H2,1-5H3,(H,31,32);2*9-11,14H,6-8H2,1-5H3;8-10,12,24H,5-7H2,1-4H3;1,4-5,8H,2-3,6-7,11H2/t18?,19?,23-;2*11?,14-;10?,12-;8-/m11111/s1. The summed E-state index contributed by atoms with van der Waals surface area (Å²) in [6.45, 7) is 23.9. The number of carbonyl (C=O) groups excluding carboxylic acids is 8. The topological polar surface area (TPSA) is 456 Å². The van der Waals surface area contributed by atoms with Crippen LogP contribution in [0.2, 0.25) is 15.5 Å². The van der Waals surface area contributed by atoms with Gasteiger partial charge in [0.05, 0.1) is 102 Å². The number of nitrogens with two attached hydrogens (primary N) is 1. The predicted molar refractivity (Wildman–Crippen MR) is 518 cm³/mol. The van der Waals surface area contributed by atoms with Gasteiger partial charge < -0.3 is 67.9 Å². The molecule has 6 fully saturated rings. The highest BCUT2D eigenvalue weighted by atomic mass is 35.5. The van der Waals surface area contributed by atoms with Gasteiger partial charge in [0.2, 0.25) is 0 Å². The van der Waals surface area contributed by atoms with E-state index in [1.165, 1.54) is 87.7 Å². The number of carbonyl (C=O) groups is 8. The number of fused-ring (bicyclic) bond motifs is 4. The fourth-order valence-corrected chi connectivity index (χ4v) is 16.9. The highest BCUT2D eigenvalue weighted by molar-refractivity contribution is 6.30. The quantitative estimate of drug-likeness (QED) is 0.0304. The Morgan fingerprint density at radius 1 is 0.435 bits per heavy atom. The summed E-state index contributed by atoms with van der Waals surface area (Å²) in [5.74, 6) is 1.78. The molecule has 6 aliphatic rings. The largest absolute Gasteiger partial charge is 0.443 e. The van der Waals surface area contributed by atoms with E-state index in [0.717, 1.165) is 83.7 Å². The van der Waals surface area contributed by atoms with Crippen LogP contribution in [-0.2, 0) is 42.6 Å². The van der Waals surface area contributed by atoms with Crippen LogP contribution in [0.1, 0.15) is 239 Å². The van der Waals surface area contributed by atoms with Gasteiger partial charge in [-0.1, -0.05) is 34.8 Å². The first-order valence-corrected chi connectivity index (χ1v) is 47.1. The van der Waals surface area contributed by atoms with Crippen molar-refractivity contribution in [2.75, 3.05) is 107 Å². The molecule has 4 amide bonds. The van der Waals surface area contributed by atoms with E-state index in [1.807, 2.05) is 0 Å². The van der Waals surface area contributed by atoms with E-state index in [0.29, 0.717) is 107 Å². The minimum atomic E-state index is -0.720. The van der Waals surface area contributed by atoms with Gasteiger partial charge in [-0.3, -0.25) is 48.4 Å². The molecule has 4 N–H and O–H groups in total. The number of hydrogen-bond acceptors (Lipinski definition) is 30. The lowest BCUT2D eigenvalue weighted by Gasteiger charge is -2.34. The third-order valence-electron chi connectivity index (χ3n) is 24.4. The number of aliphatic hydroxyl groups is 1. The van der Waals surface area contributed by atoms with Gasteiger partial charge in [0, 0.05) is 125 Å². The number of pyridine rings is 2. The van der Waals surface area contributed by atoms with E-state index in [2.05, 4.69) is 45.6 Å². The SMILES string of the molecule is CN(C(=O)OC(C)(C)C)c1cc(Cl)nc2c(C(=O)CC3CC[C@H]3O)cnn12.CO[C@@H]1CCC1CC(=O)c1cnn2c(N(C)C(=O)OC(C)(C)C)cc(Cl)nc12.CO[C@@H]1CCC1CC(=O)c1cnn2c(N(C)C(=O)OC(C)(C)C)cc(Cl)nc12.CO[C@@H]1CCC1CC(=O)c1cnn2c(N(C)C(=O)OC(C)(C)C)cc(Nc3cccn(C4CCCOC4)c3=O)nc12.Nc1cccn([C@@H]2CCCOC2)c1=O. The van der Waals surface area contributed by atoms with Crippen LogP contribution in [-0.4, -0.2) is 243 Å². The summed E-state index contributed by atoms with van der Waals surface area (Å²) in [7, 11) is 11.2. The van der Waals surface area contributed by atoms with Crippen LogP contribution in [0.15, 0.2) is 95.3 Å². The zero-order valence-corrected chi connectivity index (χ0v) is 83.7. The van der Waals surface area contributed by atoms with Gasteiger partial charge in [0.15, 0.2) is 45.7 Å². The van der Waals surface area contributed by atoms with Gasteiger partial charge in [-0.25, -0.2) is 39.1 Å². The molecule has 4 aliphatic carbocycles. The van der Waals surface area contributed by atoms with Crippen molar-refractivity contribution in [1.29, 1.82) is 0 Å². The van der Waals surface area contributed by atoms with Crippen LogP contribution in [0.25, 0.3) is 22.6 Å². The van der Waals surface area contributed by atoms with Crippen LogP contribution in [0.5, 0.6) is 0 Å². The number of amides is 4. The fourth-order valence-electron chi connectivity index (χ4n) is 16.4. The maximum Gasteiger partial charge on any atom is 0.415 e. The van der Waals surface area contributed by atoms with Gasteiger partial charge in [0.25, 0.3) is 11.1 Å². The first-order chi connectivity index (χ1) is 65.1. The second kappa shape index (κ2) is 44.7. The Morgan fingerprint density at radius 3 is 1.02 bits per heavy atom. The number of anilines is 7. The number of aliphatic hydroxyl groups excluding tert-OH is 1. The molecular weight excluding hydrogens is 1850 g/mol. The average Bonchev–Trinajstić information content (AvgIpc) is 1.62. The van der Waals surface area contributed by atoms with Gasteiger partial charge >= 0.3 is 24.4 Å². The zero-order chi connectivity index (χ0) is 100. The summed E-state index contributed by atoms with van der Waals surface area (Å²) in [5.41, 5.74) is 5.76. The summed E-state index contributed by atoms with van der Waals surface area (Å²) in [4.78, 5) is 150. The van der Waals surface area contributed by atoms with Gasteiger partial charge in [-0.15, -0.1) is 0 Å². The molecule has 138 heavy (non-hydrogen) atoms. The van der Waals surface area contributed by atoms with Gasteiger partial charge in [-0.05, 0) is 208 Å².